The van der Waals surface area contributed by atoms with Crippen LogP contribution in [0.15, 0.2) is 29.3 Å². The Morgan fingerprint density at radius 1 is 1.29 bits per heavy atom. The van der Waals surface area contributed by atoms with E-state index in [0.717, 1.165) is 24.3 Å². The van der Waals surface area contributed by atoms with Crippen molar-refractivity contribution in [3.05, 3.63) is 29.8 Å². The molecule has 0 saturated heterocycles. The molecule has 1 aliphatic rings. The van der Waals surface area contributed by atoms with Crippen LogP contribution in [0.1, 0.15) is 39.7 Å². The van der Waals surface area contributed by atoms with Crippen LogP contribution in [0.2, 0.25) is 18.1 Å². The molecule has 0 spiro atoms. The first-order valence-corrected chi connectivity index (χ1v) is 11.7. The molecule has 4 N–H and O–H groups in total. The Morgan fingerprint density at radius 2 is 1.92 bits per heavy atom. The standard InChI is InChI=1S/C19H33N3OSi/c1-14(11-12-23-24(5,6)18(2,3)4)19(21)15-9-7-8-10-16(15)22-13-17(19)20/h7-10,13-14,17H,11-12,20-21H2,1-6H3. The molecule has 4 nitrogen and oxygen atoms in total. The molecule has 0 saturated carbocycles. The number of aliphatic imine (C=N–C) groups is 1. The Balaban J connectivity index is 2.12. The Morgan fingerprint density at radius 3 is 2.54 bits per heavy atom. The van der Waals surface area contributed by atoms with Crippen LogP contribution in [0.25, 0.3) is 0 Å². The third kappa shape index (κ3) is 3.49. The fraction of sp³-hybridized carbons (Fsp3) is 0.632. The van der Waals surface area contributed by atoms with Gasteiger partial charge in [-0.2, -0.15) is 0 Å². The summed E-state index contributed by atoms with van der Waals surface area (Å²) >= 11 is 0. The van der Waals surface area contributed by atoms with E-state index >= 15 is 0 Å². The lowest BCUT2D eigenvalue weighted by Crippen LogP contribution is -2.59. The highest BCUT2D eigenvalue weighted by molar-refractivity contribution is 6.74. The molecular weight excluding hydrogens is 314 g/mol. The number of benzene rings is 1. The Labute approximate surface area is 147 Å². The maximum absolute atomic E-state index is 6.83. The van der Waals surface area contributed by atoms with E-state index in [-0.39, 0.29) is 17.0 Å². The Hall–Kier alpha value is -1.01. The molecule has 3 atom stereocenters. The second-order valence-corrected chi connectivity index (χ2v) is 13.4. The highest BCUT2D eigenvalue weighted by Crippen LogP contribution is 2.41. The Bertz CT molecular complexity index is 609. The number of fused-ring (bicyclic) bond motifs is 1. The second-order valence-electron chi connectivity index (χ2n) is 8.55. The van der Waals surface area contributed by atoms with E-state index in [2.05, 4.69) is 51.8 Å². The highest BCUT2D eigenvalue weighted by Gasteiger charge is 2.43. The predicted octanol–water partition coefficient (Wildman–Crippen LogP) is 3.93. The van der Waals surface area contributed by atoms with Crippen LogP contribution in [0, 0.1) is 5.92 Å². The van der Waals surface area contributed by atoms with Crippen molar-refractivity contribution in [2.45, 2.75) is 63.8 Å². The van der Waals surface area contributed by atoms with Crippen LogP contribution in [-0.4, -0.2) is 27.2 Å². The average molecular weight is 348 g/mol. The molecule has 5 heteroatoms. The molecular formula is C19H33N3OSi. The zero-order valence-electron chi connectivity index (χ0n) is 16.0. The van der Waals surface area contributed by atoms with Crippen molar-refractivity contribution in [3.8, 4) is 0 Å². The van der Waals surface area contributed by atoms with Gasteiger partial charge in [0.1, 0.15) is 0 Å². The molecule has 2 rings (SSSR count). The maximum atomic E-state index is 6.83. The minimum absolute atomic E-state index is 0.199. The van der Waals surface area contributed by atoms with Crippen molar-refractivity contribution in [2.75, 3.05) is 6.61 Å². The molecule has 134 valence electrons. The molecule has 1 aliphatic heterocycles. The number of hydrogen-bond acceptors (Lipinski definition) is 4. The van der Waals surface area contributed by atoms with Crippen LogP contribution in [0.3, 0.4) is 0 Å². The van der Waals surface area contributed by atoms with E-state index in [1.165, 1.54) is 0 Å². The van der Waals surface area contributed by atoms with Crippen molar-refractivity contribution in [2.24, 2.45) is 22.4 Å². The third-order valence-electron chi connectivity index (χ3n) is 5.93. The van der Waals surface area contributed by atoms with Gasteiger partial charge in [-0.3, -0.25) is 4.99 Å². The first kappa shape index (κ1) is 19.3. The minimum atomic E-state index is -1.73. The summed E-state index contributed by atoms with van der Waals surface area (Å²) in [7, 11) is -1.73. The zero-order valence-corrected chi connectivity index (χ0v) is 17.0. The topological polar surface area (TPSA) is 73.6 Å². The smallest absolute Gasteiger partial charge is 0.191 e. The lowest BCUT2D eigenvalue weighted by Gasteiger charge is -2.43. The number of para-hydroxylation sites is 1. The van der Waals surface area contributed by atoms with Crippen LogP contribution in [-0.2, 0) is 9.96 Å². The molecule has 1 aromatic carbocycles. The van der Waals surface area contributed by atoms with Gasteiger partial charge in [-0.1, -0.05) is 45.9 Å². The van der Waals surface area contributed by atoms with E-state index in [1.807, 2.05) is 18.2 Å². The molecule has 0 fully saturated rings. The number of rotatable bonds is 5. The zero-order chi connectivity index (χ0) is 18.2. The SMILES string of the molecule is CC(CCO[Si](C)(C)C(C)(C)C)C1(N)c2ccccc2N=CC1N. The average Bonchev–Trinajstić information content (AvgIpc) is 2.49. The predicted molar refractivity (Wildman–Crippen MR) is 105 cm³/mol. The highest BCUT2D eigenvalue weighted by atomic mass is 28.4. The minimum Gasteiger partial charge on any atom is -0.417 e. The summed E-state index contributed by atoms with van der Waals surface area (Å²) in [6.07, 6.45) is 2.67. The normalized spacial score (nSPS) is 25.4. The maximum Gasteiger partial charge on any atom is 0.191 e. The van der Waals surface area contributed by atoms with Gasteiger partial charge in [-0.25, -0.2) is 0 Å². The summed E-state index contributed by atoms with van der Waals surface area (Å²) < 4.78 is 6.33. The van der Waals surface area contributed by atoms with Crippen molar-refractivity contribution in [1.82, 2.24) is 0 Å². The van der Waals surface area contributed by atoms with Gasteiger partial charge in [0, 0.05) is 12.8 Å². The van der Waals surface area contributed by atoms with Gasteiger partial charge in [-0.05, 0) is 42.1 Å². The monoisotopic (exact) mass is 347 g/mol. The molecule has 24 heavy (non-hydrogen) atoms. The van der Waals surface area contributed by atoms with Gasteiger partial charge >= 0.3 is 0 Å². The van der Waals surface area contributed by atoms with Crippen LogP contribution in [0.5, 0.6) is 0 Å². The quantitative estimate of drug-likeness (QED) is 0.793. The van der Waals surface area contributed by atoms with E-state index in [4.69, 9.17) is 15.9 Å². The fourth-order valence-corrected chi connectivity index (χ4v) is 4.02. The van der Waals surface area contributed by atoms with E-state index in [0.29, 0.717) is 0 Å². The van der Waals surface area contributed by atoms with Gasteiger partial charge in [0.15, 0.2) is 8.32 Å². The number of nitrogens with two attached hydrogens (primary N) is 2. The van der Waals surface area contributed by atoms with Crippen LogP contribution < -0.4 is 11.5 Å². The first-order chi connectivity index (χ1) is 11.0. The van der Waals surface area contributed by atoms with Gasteiger partial charge in [0.05, 0.1) is 17.3 Å². The molecule has 3 unspecified atom stereocenters. The van der Waals surface area contributed by atoms with E-state index in [9.17, 15) is 0 Å². The number of nitrogens with zero attached hydrogens (tertiary/aromatic N) is 1. The van der Waals surface area contributed by atoms with E-state index < -0.39 is 13.9 Å². The lowest BCUT2D eigenvalue weighted by atomic mass is 9.72. The van der Waals surface area contributed by atoms with Gasteiger partial charge < -0.3 is 15.9 Å². The molecule has 0 radical (unpaired) electrons. The van der Waals surface area contributed by atoms with Crippen LogP contribution >= 0.6 is 0 Å². The summed E-state index contributed by atoms with van der Waals surface area (Å²) in [5, 5.41) is 0.219. The fourth-order valence-electron chi connectivity index (χ4n) is 2.96. The first-order valence-electron chi connectivity index (χ1n) is 8.82. The second kappa shape index (κ2) is 6.71. The summed E-state index contributed by atoms with van der Waals surface area (Å²) in [6, 6.07) is 7.76. The van der Waals surface area contributed by atoms with Crippen LogP contribution in [0.4, 0.5) is 5.69 Å². The van der Waals surface area contributed by atoms with Crippen molar-refractivity contribution >= 4 is 20.2 Å². The van der Waals surface area contributed by atoms with Crippen molar-refractivity contribution < 1.29 is 4.43 Å². The molecule has 0 amide bonds. The van der Waals surface area contributed by atoms with Crippen molar-refractivity contribution in [3.63, 3.8) is 0 Å². The summed E-state index contributed by atoms with van der Waals surface area (Å²) in [5.74, 6) is 0.199. The summed E-state index contributed by atoms with van der Waals surface area (Å²) in [5.41, 5.74) is 14.6. The third-order valence-corrected chi connectivity index (χ3v) is 10.5. The molecule has 0 aromatic heterocycles. The summed E-state index contributed by atoms with van der Waals surface area (Å²) in [4.78, 5) is 4.45. The van der Waals surface area contributed by atoms with Gasteiger partial charge in [-0.15, -0.1) is 0 Å². The number of hydrogen-bond donors (Lipinski definition) is 2. The molecule has 1 heterocycles. The molecule has 1 aromatic rings. The van der Waals surface area contributed by atoms with E-state index in [1.54, 1.807) is 6.21 Å². The summed E-state index contributed by atoms with van der Waals surface area (Å²) in [6.45, 7) is 14.2. The lowest BCUT2D eigenvalue weighted by molar-refractivity contribution is 0.201. The van der Waals surface area contributed by atoms with Gasteiger partial charge in [0.25, 0.3) is 0 Å². The largest absolute Gasteiger partial charge is 0.417 e. The molecule has 0 aliphatic carbocycles. The van der Waals surface area contributed by atoms with Gasteiger partial charge in [0.2, 0.25) is 0 Å². The van der Waals surface area contributed by atoms with Crippen molar-refractivity contribution in [1.29, 1.82) is 0 Å². The molecule has 0 bridgehead atoms. The Kier molecular flexibility index (Phi) is 5.40.